The zero-order valence-corrected chi connectivity index (χ0v) is 11.6. The van der Waals surface area contributed by atoms with E-state index in [1.807, 2.05) is 17.7 Å². The maximum Gasteiger partial charge on any atom is 0.154 e. The summed E-state index contributed by atoms with van der Waals surface area (Å²) in [5, 5.41) is 12.1. The van der Waals surface area contributed by atoms with E-state index >= 15 is 0 Å². The van der Waals surface area contributed by atoms with E-state index in [0.717, 1.165) is 35.7 Å². The standard InChI is InChI=1S/C14H19N5/c1-4-11-8-12(5-2)19(18-11)13-7-10(14(15)16)6-9(3)17-13/h6-8H,4-5H2,1-3H3,(H3,15,16). The summed E-state index contributed by atoms with van der Waals surface area (Å²) in [7, 11) is 0. The number of nitrogens with zero attached hydrogens (tertiary/aromatic N) is 3. The second kappa shape index (κ2) is 5.22. The van der Waals surface area contributed by atoms with Crippen LogP contribution in [0.3, 0.4) is 0 Å². The van der Waals surface area contributed by atoms with Gasteiger partial charge in [-0.25, -0.2) is 9.67 Å². The van der Waals surface area contributed by atoms with Crippen molar-refractivity contribution in [3.63, 3.8) is 0 Å². The number of pyridine rings is 1. The van der Waals surface area contributed by atoms with Gasteiger partial charge in [0, 0.05) is 17.0 Å². The molecule has 0 amide bonds. The van der Waals surface area contributed by atoms with Crippen LogP contribution in [0.4, 0.5) is 0 Å². The fraction of sp³-hybridized carbons (Fsp3) is 0.357. The van der Waals surface area contributed by atoms with Gasteiger partial charge in [-0.3, -0.25) is 5.41 Å². The van der Waals surface area contributed by atoms with E-state index in [1.165, 1.54) is 0 Å². The highest BCUT2D eigenvalue weighted by atomic mass is 15.3. The number of aromatic nitrogens is 3. The number of hydrogen-bond acceptors (Lipinski definition) is 3. The molecular formula is C14H19N5. The Balaban J connectivity index is 2.57. The van der Waals surface area contributed by atoms with Crippen LogP contribution in [0.5, 0.6) is 0 Å². The Bertz CT molecular complexity index is 612. The Morgan fingerprint density at radius 2 is 2.00 bits per heavy atom. The molecule has 0 fully saturated rings. The minimum Gasteiger partial charge on any atom is -0.384 e. The lowest BCUT2D eigenvalue weighted by atomic mass is 10.2. The molecule has 19 heavy (non-hydrogen) atoms. The third-order valence-corrected chi connectivity index (χ3v) is 3.03. The fourth-order valence-electron chi connectivity index (χ4n) is 2.01. The molecule has 3 N–H and O–H groups in total. The Morgan fingerprint density at radius 3 is 2.58 bits per heavy atom. The van der Waals surface area contributed by atoms with Crippen molar-refractivity contribution in [3.05, 3.63) is 40.8 Å². The highest BCUT2D eigenvalue weighted by Crippen LogP contribution is 2.14. The maximum atomic E-state index is 7.55. The molecule has 5 heteroatoms. The molecule has 0 atom stereocenters. The quantitative estimate of drug-likeness (QED) is 0.649. The molecule has 0 bridgehead atoms. The van der Waals surface area contributed by atoms with Gasteiger partial charge in [0.25, 0.3) is 0 Å². The van der Waals surface area contributed by atoms with E-state index in [2.05, 4.69) is 30.0 Å². The average Bonchev–Trinajstić information content (AvgIpc) is 2.81. The first kappa shape index (κ1) is 13.3. The predicted molar refractivity (Wildman–Crippen MR) is 75.9 cm³/mol. The number of aryl methyl sites for hydroxylation is 3. The number of amidine groups is 1. The normalized spacial score (nSPS) is 10.7. The fourth-order valence-corrected chi connectivity index (χ4v) is 2.01. The molecule has 0 aromatic carbocycles. The lowest BCUT2D eigenvalue weighted by Gasteiger charge is -2.08. The van der Waals surface area contributed by atoms with Gasteiger partial charge in [-0.15, -0.1) is 0 Å². The summed E-state index contributed by atoms with van der Waals surface area (Å²) in [5.41, 5.74) is 9.23. The van der Waals surface area contributed by atoms with Crippen LogP contribution in [0.2, 0.25) is 0 Å². The lowest BCUT2D eigenvalue weighted by molar-refractivity contribution is 0.769. The lowest BCUT2D eigenvalue weighted by Crippen LogP contribution is -2.14. The largest absolute Gasteiger partial charge is 0.384 e. The number of hydrogen-bond donors (Lipinski definition) is 2. The predicted octanol–water partition coefficient (Wildman–Crippen LogP) is 1.98. The van der Waals surface area contributed by atoms with Gasteiger partial charge < -0.3 is 5.73 Å². The summed E-state index contributed by atoms with van der Waals surface area (Å²) in [6.45, 7) is 6.07. The molecule has 0 aliphatic carbocycles. The Hall–Kier alpha value is -2.17. The third-order valence-electron chi connectivity index (χ3n) is 3.03. The van der Waals surface area contributed by atoms with Crippen molar-refractivity contribution >= 4 is 5.84 Å². The highest BCUT2D eigenvalue weighted by Gasteiger charge is 2.10. The van der Waals surface area contributed by atoms with Crippen LogP contribution >= 0.6 is 0 Å². The molecule has 0 aliphatic rings. The van der Waals surface area contributed by atoms with Crippen LogP contribution in [0.25, 0.3) is 5.82 Å². The molecule has 0 aliphatic heterocycles. The first-order valence-electron chi connectivity index (χ1n) is 6.46. The number of nitrogen functional groups attached to an aromatic ring is 1. The first-order valence-corrected chi connectivity index (χ1v) is 6.46. The van der Waals surface area contributed by atoms with Crippen molar-refractivity contribution in [1.82, 2.24) is 14.8 Å². The molecule has 0 saturated carbocycles. The summed E-state index contributed by atoms with van der Waals surface area (Å²) in [6.07, 6.45) is 1.78. The van der Waals surface area contributed by atoms with Crippen LogP contribution in [0.1, 0.15) is 36.5 Å². The Labute approximate surface area is 113 Å². The van der Waals surface area contributed by atoms with Gasteiger partial charge in [0.1, 0.15) is 5.84 Å². The Kier molecular flexibility index (Phi) is 3.64. The average molecular weight is 257 g/mol. The Morgan fingerprint density at radius 1 is 1.26 bits per heavy atom. The molecule has 0 radical (unpaired) electrons. The maximum absolute atomic E-state index is 7.55. The van der Waals surface area contributed by atoms with E-state index in [9.17, 15) is 0 Å². The van der Waals surface area contributed by atoms with Gasteiger partial charge in [-0.2, -0.15) is 5.10 Å². The van der Waals surface area contributed by atoms with Crippen LogP contribution in [0, 0.1) is 12.3 Å². The molecule has 0 saturated heterocycles. The van der Waals surface area contributed by atoms with Gasteiger partial charge in [0.05, 0.1) is 5.69 Å². The zero-order chi connectivity index (χ0) is 14.0. The monoisotopic (exact) mass is 257 g/mol. The van der Waals surface area contributed by atoms with Gasteiger partial charge in [-0.05, 0) is 38.0 Å². The first-order chi connectivity index (χ1) is 9.05. The van der Waals surface area contributed by atoms with E-state index in [0.29, 0.717) is 5.56 Å². The van der Waals surface area contributed by atoms with Gasteiger partial charge in [0.2, 0.25) is 0 Å². The molecule has 2 aromatic rings. The topological polar surface area (TPSA) is 80.6 Å². The van der Waals surface area contributed by atoms with Crippen LogP contribution < -0.4 is 5.73 Å². The molecule has 100 valence electrons. The third kappa shape index (κ3) is 2.65. The van der Waals surface area contributed by atoms with Crippen molar-refractivity contribution in [2.75, 3.05) is 0 Å². The van der Waals surface area contributed by atoms with Gasteiger partial charge in [-0.1, -0.05) is 13.8 Å². The molecular weight excluding hydrogens is 238 g/mol. The second-order valence-electron chi connectivity index (χ2n) is 4.51. The minimum absolute atomic E-state index is 0.0488. The second-order valence-corrected chi connectivity index (χ2v) is 4.51. The van der Waals surface area contributed by atoms with Crippen LogP contribution in [-0.2, 0) is 12.8 Å². The molecule has 5 nitrogen and oxygen atoms in total. The molecule has 2 aromatic heterocycles. The van der Waals surface area contributed by atoms with Crippen molar-refractivity contribution in [2.45, 2.75) is 33.6 Å². The SMILES string of the molecule is CCc1cc(CC)n(-c2cc(C(=N)N)cc(C)n2)n1. The van der Waals surface area contributed by atoms with E-state index < -0.39 is 0 Å². The summed E-state index contributed by atoms with van der Waals surface area (Å²) in [5.74, 6) is 0.773. The molecule has 0 unspecified atom stereocenters. The van der Waals surface area contributed by atoms with Gasteiger partial charge >= 0.3 is 0 Å². The molecule has 0 spiro atoms. The van der Waals surface area contributed by atoms with E-state index in [4.69, 9.17) is 11.1 Å². The number of rotatable bonds is 4. The summed E-state index contributed by atoms with van der Waals surface area (Å²) >= 11 is 0. The zero-order valence-electron chi connectivity index (χ0n) is 11.6. The minimum atomic E-state index is 0.0488. The van der Waals surface area contributed by atoms with Crippen molar-refractivity contribution in [3.8, 4) is 5.82 Å². The van der Waals surface area contributed by atoms with Crippen LogP contribution in [0.15, 0.2) is 18.2 Å². The van der Waals surface area contributed by atoms with E-state index in [-0.39, 0.29) is 5.84 Å². The molecule has 2 heterocycles. The summed E-state index contributed by atoms with van der Waals surface area (Å²) in [4.78, 5) is 4.49. The van der Waals surface area contributed by atoms with Crippen LogP contribution in [-0.4, -0.2) is 20.6 Å². The summed E-state index contributed by atoms with van der Waals surface area (Å²) in [6, 6.07) is 5.71. The van der Waals surface area contributed by atoms with Crippen molar-refractivity contribution < 1.29 is 0 Å². The van der Waals surface area contributed by atoms with Crippen molar-refractivity contribution in [1.29, 1.82) is 5.41 Å². The number of nitrogens with two attached hydrogens (primary N) is 1. The smallest absolute Gasteiger partial charge is 0.154 e. The van der Waals surface area contributed by atoms with E-state index in [1.54, 1.807) is 6.07 Å². The summed E-state index contributed by atoms with van der Waals surface area (Å²) < 4.78 is 1.85. The van der Waals surface area contributed by atoms with Gasteiger partial charge in [0.15, 0.2) is 5.82 Å². The highest BCUT2D eigenvalue weighted by molar-refractivity contribution is 5.95. The number of nitrogens with one attached hydrogen (secondary N) is 1. The van der Waals surface area contributed by atoms with Crippen molar-refractivity contribution in [2.24, 2.45) is 5.73 Å². The molecule has 2 rings (SSSR count).